The van der Waals surface area contributed by atoms with Crippen LogP contribution in [0.2, 0.25) is 0 Å². The minimum atomic E-state index is -0.493. The summed E-state index contributed by atoms with van der Waals surface area (Å²) in [7, 11) is 0. The fraction of sp³-hybridized carbons (Fsp3) is 0.214. The molecule has 1 aromatic carbocycles. The first-order chi connectivity index (χ1) is 10.1. The lowest BCUT2D eigenvalue weighted by atomic mass is 10.2. The molecule has 0 bridgehead atoms. The van der Waals surface area contributed by atoms with E-state index in [1.165, 1.54) is 12.3 Å². The Hall–Kier alpha value is -2.70. The number of hydrogen-bond donors (Lipinski definition) is 2. The van der Waals surface area contributed by atoms with Gasteiger partial charge < -0.3 is 4.74 Å². The van der Waals surface area contributed by atoms with Gasteiger partial charge in [0.25, 0.3) is 0 Å². The molecule has 2 aromatic rings. The van der Waals surface area contributed by atoms with Crippen molar-refractivity contribution >= 4 is 18.0 Å². The predicted molar refractivity (Wildman–Crippen MR) is 76.9 cm³/mol. The van der Waals surface area contributed by atoms with Crippen molar-refractivity contribution in [1.29, 1.82) is 0 Å². The average molecular weight is 290 g/mol. The highest BCUT2D eigenvalue weighted by atomic mass is 19.1. The maximum atomic E-state index is 13.4. The molecule has 7 heteroatoms. The number of aromatic nitrogens is 2. The molecule has 0 aliphatic heterocycles. The number of nitrogens with zero attached hydrogens (tertiary/aromatic N) is 2. The standard InChI is InChI=1S/C14H15FN4O2/c1-3-21-14(20)12-9(2)17-19-13(12)18-16-8-10-6-4-5-7-11(10)15/h4-8H,3H2,1-2H3,(H2,17,18,19)/b16-8+. The van der Waals surface area contributed by atoms with Gasteiger partial charge in [0.2, 0.25) is 0 Å². The second-order valence-corrected chi connectivity index (χ2v) is 4.18. The largest absolute Gasteiger partial charge is 0.462 e. The third-order valence-corrected chi connectivity index (χ3v) is 2.71. The van der Waals surface area contributed by atoms with Crippen LogP contribution < -0.4 is 5.43 Å². The van der Waals surface area contributed by atoms with Gasteiger partial charge in [-0.1, -0.05) is 18.2 Å². The number of esters is 1. The van der Waals surface area contributed by atoms with Crippen molar-refractivity contribution in [2.24, 2.45) is 5.10 Å². The van der Waals surface area contributed by atoms with Crippen molar-refractivity contribution < 1.29 is 13.9 Å². The molecule has 0 radical (unpaired) electrons. The van der Waals surface area contributed by atoms with Crippen LogP contribution >= 0.6 is 0 Å². The quantitative estimate of drug-likeness (QED) is 0.503. The number of ether oxygens (including phenoxy) is 1. The van der Waals surface area contributed by atoms with Gasteiger partial charge in [-0.05, 0) is 19.9 Å². The highest BCUT2D eigenvalue weighted by Crippen LogP contribution is 2.17. The van der Waals surface area contributed by atoms with Gasteiger partial charge >= 0.3 is 5.97 Å². The van der Waals surface area contributed by atoms with Crippen molar-refractivity contribution in [3.05, 3.63) is 46.9 Å². The van der Waals surface area contributed by atoms with E-state index in [1.807, 2.05) is 0 Å². The van der Waals surface area contributed by atoms with Gasteiger partial charge in [0.1, 0.15) is 11.4 Å². The van der Waals surface area contributed by atoms with E-state index < -0.39 is 5.97 Å². The lowest BCUT2D eigenvalue weighted by Crippen LogP contribution is -2.08. The number of aryl methyl sites for hydroxylation is 1. The first kappa shape index (κ1) is 14.7. The van der Waals surface area contributed by atoms with Crippen molar-refractivity contribution in [3.8, 4) is 0 Å². The summed E-state index contributed by atoms with van der Waals surface area (Å²) in [6.07, 6.45) is 1.31. The fourth-order valence-electron chi connectivity index (χ4n) is 1.71. The van der Waals surface area contributed by atoms with Gasteiger partial charge in [-0.2, -0.15) is 10.2 Å². The van der Waals surface area contributed by atoms with Gasteiger partial charge in [-0.25, -0.2) is 9.18 Å². The summed E-state index contributed by atoms with van der Waals surface area (Å²) >= 11 is 0. The third-order valence-electron chi connectivity index (χ3n) is 2.71. The lowest BCUT2D eigenvalue weighted by molar-refractivity contribution is 0.0526. The van der Waals surface area contributed by atoms with Crippen LogP contribution in [0.15, 0.2) is 29.4 Å². The zero-order valence-corrected chi connectivity index (χ0v) is 11.7. The lowest BCUT2D eigenvalue weighted by Gasteiger charge is -2.02. The van der Waals surface area contributed by atoms with Gasteiger partial charge in [-0.15, -0.1) is 0 Å². The molecule has 2 rings (SSSR count). The van der Waals surface area contributed by atoms with E-state index in [-0.39, 0.29) is 23.8 Å². The van der Waals surface area contributed by atoms with Gasteiger partial charge in [0.15, 0.2) is 5.82 Å². The van der Waals surface area contributed by atoms with Crippen LogP contribution in [0.25, 0.3) is 0 Å². The number of aromatic amines is 1. The SMILES string of the molecule is CCOC(=O)c1c(N/N=C/c2ccccc2F)n[nH]c1C. The molecule has 0 spiro atoms. The number of hydrazone groups is 1. The van der Waals surface area contributed by atoms with Gasteiger partial charge in [-0.3, -0.25) is 10.5 Å². The number of H-pyrrole nitrogens is 1. The number of hydrogen-bond acceptors (Lipinski definition) is 5. The summed E-state index contributed by atoms with van der Waals surface area (Å²) in [4.78, 5) is 11.8. The first-order valence-electron chi connectivity index (χ1n) is 6.39. The molecule has 0 aliphatic carbocycles. The Morgan fingerprint density at radius 2 is 2.29 bits per heavy atom. The minimum Gasteiger partial charge on any atom is -0.462 e. The average Bonchev–Trinajstić information content (AvgIpc) is 2.82. The van der Waals surface area contributed by atoms with E-state index >= 15 is 0 Å². The molecular weight excluding hydrogens is 275 g/mol. The van der Waals surface area contributed by atoms with Crippen LogP contribution in [0.3, 0.4) is 0 Å². The summed E-state index contributed by atoms with van der Waals surface area (Å²) in [6, 6.07) is 6.22. The molecule has 110 valence electrons. The number of rotatable bonds is 5. The molecule has 0 fully saturated rings. The molecule has 0 amide bonds. The van der Waals surface area contributed by atoms with Crippen LogP contribution in [-0.2, 0) is 4.74 Å². The maximum Gasteiger partial charge on any atom is 0.343 e. The fourth-order valence-corrected chi connectivity index (χ4v) is 1.71. The number of benzene rings is 1. The number of halogens is 1. The summed E-state index contributed by atoms with van der Waals surface area (Å²) in [5, 5.41) is 10.5. The highest BCUT2D eigenvalue weighted by molar-refractivity contribution is 5.96. The van der Waals surface area contributed by atoms with Crippen LogP contribution in [0.5, 0.6) is 0 Å². The van der Waals surface area contributed by atoms with Gasteiger partial charge in [0.05, 0.1) is 12.8 Å². The smallest absolute Gasteiger partial charge is 0.343 e. The van der Waals surface area contributed by atoms with E-state index in [2.05, 4.69) is 20.7 Å². The van der Waals surface area contributed by atoms with Crippen LogP contribution in [0.1, 0.15) is 28.5 Å². The Kier molecular flexibility index (Phi) is 4.65. The van der Waals surface area contributed by atoms with Crippen molar-refractivity contribution in [1.82, 2.24) is 10.2 Å². The number of anilines is 1. The van der Waals surface area contributed by atoms with Crippen LogP contribution in [-0.4, -0.2) is 29.0 Å². The molecule has 0 atom stereocenters. The maximum absolute atomic E-state index is 13.4. The molecule has 6 nitrogen and oxygen atoms in total. The molecule has 0 saturated carbocycles. The molecule has 0 aliphatic rings. The second-order valence-electron chi connectivity index (χ2n) is 4.18. The normalized spacial score (nSPS) is 10.8. The number of carbonyl (C=O) groups excluding carboxylic acids is 1. The number of nitrogens with one attached hydrogen (secondary N) is 2. The Balaban J connectivity index is 2.14. The Bertz CT molecular complexity index is 667. The van der Waals surface area contributed by atoms with E-state index in [4.69, 9.17) is 4.74 Å². The summed E-state index contributed by atoms with van der Waals surface area (Å²) in [5.41, 5.74) is 3.78. The van der Waals surface area contributed by atoms with Gasteiger partial charge in [0, 0.05) is 11.3 Å². The zero-order valence-electron chi connectivity index (χ0n) is 11.7. The van der Waals surface area contributed by atoms with Crippen LogP contribution in [0.4, 0.5) is 10.2 Å². The second kappa shape index (κ2) is 6.65. The molecule has 1 heterocycles. The van der Waals surface area contributed by atoms with Crippen molar-refractivity contribution in [2.75, 3.05) is 12.0 Å². The Morgan fingerprint density at radius 3 is 3.00 bits per heavy atom. The monoisotopic (exact) mass is 290 g/mol. The Morgan fingerprint density at radius 1 is 1.52 bits per heavy atom. The van der Waals surface area contributed by atoms with Crippen molar-refractivity contribution in [2.45, 2.75) is 13.8 Å². The predicted octanol–water partition coefficient (Wildman–Crippen LogP) is 2.48. The highest BCUT2D eigenvalue weighted by Gasteiger charge is 2.18. The van der Waals surface area contributed by atoms with E-state index in [9.17, 15) is 9.18 Å². The van der Waals surface area contributed by atoms with E-state index in [1.54, 1.807) is 32.0 Å². The molecule has 2 N–H and O–H groups in total. The topological polar surface area (TPSA) is 79.4 Å². The molecular formula is C14H15FN4O2. The zero-order chi connectivity index (χ0) is 15.2. The molecule has 0 unspecified atom stereocenters. The molecule has 0 saturated heterocycles. The van der Waals surface area contributed by atoms with Crippen LogP contribution in [0, 0.1) is 12.7 Å². The van der Waals surface area contributed by atoms with Crippen molar-refractivity contribution in [3.63, 3.8) is 0 Å². The van der Waals surface area contributed by atoms with E-state index in [0.29, 0.717) is 11.3 Å². The third kappa shape index (κ3) is 3.44. The minimum absolute atomic E-state index is 0.235. The number of carbonyl (C=O) groups is 1. The Labute approximate surface area is 121 Å². The molecule has 1 aromatic heterocycles. The molecule has 21 heavy (non-hydrogen) atoms. The first-order valence-corrected chi connectivity index (χ1v) is 6.39. The van der Waals surface area contributed by atoms with E-state index in [0.717, 1.165) is 0 Å². The summed E-state index contributed by atoms with van der Waals surface area (Å²) in [5.74, 6) is -0.641. The summed E-state index contributed by atoms with van der Waals surface area (Å²) < 4.78 is 18.4. The summed E-state index contributed by atoms with van der Waals surface area (Å²) in [6.45, 7) is 3.68.